The quantitative estimate of drug-likeness (QED) is 0.808. The van der Waals surface area contributed by atoms with Crippen LogP contribution in [0, 0.1) is 11.8 Å². The van der Waals surface area contributed by atoms with Crippen molar-refractivity contribution in [2.45, 2.75) is 44.2 Å². The number of amides is 1. The lowest BCUT2D eigenvalue weighted by Gasteiger charge is -2.24. The molecule has 1 N–H and O–H groups in total. The predicted molar refractivity (Wildman–Crippen MR) is 70.8 cm³/mol. The van der Waals surface area contributed by atoms with Gasteiger partial charge in [-0.05, 0) is 31.6 Å². The van der Waals surface area contributed by atoms with Crippen LogP contribution in [0.4, 0.5) is 0 Å². The molecule has 0 radical (unpaired) electrons. The lowest BCUT2D eigenvalue weighted by atomic mass is 9.89. The zero-order valence-corrected chi connectivity index (χ0v) is 12.0. The van der Waals surface area contributed by atoms with Gasteiger partial charge >= 0.3 is 5.97 Å². The predicted octanol–water partition coefficient (Wildman–Crippen LogP) is 0.275. The summed E-state index contributed by atoms with van der Waals surface area (Å²) in [5.41, 5.74) is 0. The van der Waals surface area contributed by atoms with E-state index in [1.54, 1.807) is 4.90 Å². The van der Waals surface area contributed by atoms with E-state index >= 15 is 0 Å². The van der Waals surface area contributed by atoms with E-state index in [2.05, 4.69) is 0 Å². The molecule has 112 valence electrons. The molecule has 20 heavy (non-hydrogen) atoms. The number of carbonyl (C=O) groups is 2. The van der Waals surface area contributed by atoms with Crippen LogP contribution < -0.4 is 0 Å². The minimum absolute atomic E-state index is 0.0478. The van der Waals surface area contributed by atoms with E-state index in [4.69, 9.17) is 0 Å². The third-order valence-electron chi connectivity index (χ3n) is 4.93. The molecule has 0 aromatic rings. The molecule has 3 rings (SSSR count). The van der Waals surface area contributed by atoms with Crippen LogP contribution in [-0.2, 0) is 19.4 Å². The maximum Gasteiger partial charge on any atom is 0.308 e. The van der Waals surface area contributed by atoms with Gasteiger partial charge in [-0.15, -0.1) is 0 Å². The van der Waals surface area contributed by atoms with Gasteiger partial charge in [0.15, 0.2) is 9.84 Å². The Labute approximate surface area is 118 Å². The van der Waals surface area contributed by atoms with Crippen molar-refractivity contribution in [2.75, 3.05) is 11.5 Å². The molecule has 3 heterocycles. The second kappa shape index (κ2) is 4.72. The summed E-state index contributed by atoms with van der Waals surface area (Å²) in [7, 11) is -2.97. The zero-order valence-electron chi connectivity index (χ0n) is 11.2. The Morgan fingerprint density at radius 1 is 1.20 bits per heavy atom. The normalized spacial score (nSPS) is 38.3. The Hall–Kier alpha value is -1.11. The molecule has 7 heteroatoms. The van der Waals surface area contributed by atoms with Crippen LogP contribution in [0.1, 0.15) is 32.1 Å². The van der Waals surface area contributed by atoms with Crippen LogP contribution in [0.15, 0.2) is 0 Å². The van der Waals surface area contributed by atoms with Crippen molar-refractivity contribution < 1.29 is 23.1 Å². The molecule has 0 aromatic carbocycles. The lowest BCUT2D eigenvalue weighted by molar-refractivity contribution is -0.143. The van der Waals surface area contributed by atoms with Crippen molar-refractivity contribution in [1.82, 2.24) is 4.90 Å². The third-order valence-corrected chi connectivity index (χ3v) is 6.77. The first-order chi connectivity index (χ1) is 9.37. The summed E-state index contributed by atoms with van der Waals surface area (Å²) < 4.78 is 22.8. The Morgan fingerprint density at radius 2 is 1.95 bits per heavy atom. The SMILES string of the molecule is O=C(O)C1CC2CCC1N2C(=O)CC1CCS(=O)(=O)C1. The standard InChI is InChI=1S/C13H19NO5S/c15-12(5-8-3-4-20(18,19)7-8)14-9-1-2-11(14)10(6-9)13(16)17/h8-11H,1-7H2,(H,16,17). The van der Waals surface area contributed by atoms with Crippen LogP contribution in [0.2, 0.25) is 0 Å². The summed E-state index contributed by atoms with van der Waals surface area (Å²) in [5, 5.41) is 9.17. The molecule has 3 aliphatic heterocycles. The van der Waals surface area contributed by atoms with E-state index in [-0.39, 0.29) is 41.8 Å². The molecular weight excluding hydrogens is 282 g/mol. The topological polar surface area (TPSA) is 91.8 Å². The first-order valence-electron chi connectivity index (χ1n) is 7.12. The van der Waals surface area contributed by atoms with Gasteiger partial charge in [0.1, 0.15) is 0 Å². The molecule has 3 aliphatic rings. The lowest BCUT2D eigenvalue weighted by Crippen LogP contribution is -2.38. The second-order valence-corrected chi connectivity index (χ2v) is 8.48. The molecule has 4 unspecified atom stereocenters. The molecule has 0 aromatic heterocycles. The summed E-state index contributed by atoms with van der Waals surface area (Å²) in [6, 6.07) is -0.130. The van der Waals surface area contributed by atoms with Crippen LogP contribution >= 0.6 is 0 Å². The van der Waals surface area contributed by atoms with Gasteiger partial charge in [-0.1, -0.05) is 0 Å². The van der Waals surface area contributed by atoms with Crippen molar-refractivity contribution in [3.8, 4) is 0 Å². The van der Waals surface area contributed by atoms with E-state index in [1.807, 2.05) is 0 Å². The number of hydrogen-bond donors (Lipinski definition) is 1. The van der Waals surface area contributed by atoms with Crippen molar-refractivity contribution in [3.63, 3.8) is 0 Å². The monoisotopic (exact) mass is 301 g/mol. The summed E-state index contributed by atoms with van der Waals surface area (Å²) >= 11 is 0. The maximum absolute atomic E-state index is 12.4. The highest BCUT2D eigenvalue weighted by atomic mass is 32.2. The average Bonchev–Trinajstić information content (AvgIpc) is 3.01. The number of nitrogens with zero attached hydrogens (tertiary/aromatic N) is 1. The van der Waals surface area contributed by atoms with Gasteiger partial charge in [0.25, 0.3) is 0 Å². The number of carboxylic acids is 1. The molecule has 0 spiro atoms. The Kier molecular flexibility index (Phi) is 3.27. The summed E-state index contributed by atoms with van der Waals surface area (Å²) in [4.78, 5) is 25.3. The molecular formula is C13H19NO5S. The van der Waals surface area contributed by atoms with Crippen LogP contribution in [0.3, 0.4) is 0 Å². The number of rotatable bonds is 3. The van der Waals surface area contributed by atoms with Crippen molar-refractivity contribution in [3.05, 3.63) is 0 Å². The molecule has 0 saturated carbocycles. The molecule has 3 fully saturated rings. The van der Waals surface area contributed by atoms with Crippen molar-refractivity contribution in [1.29, 1.82) is 0 Å². The van der Waals surface area contributed by atoms with Gasteiger partial charge in [0.2, 0.25) is 5.91 Å². The van der Waals surface area contributed by atoms with E-state index in [9.17, 15) is 23.1 Å². The van der Waals surface area contributed by atoms with Gasteiger partial charge in [-0.3, -0.25) is 9.59 Å². The molecule has 6 nitrogen and oxygen atoms in total. The highest BCUT2D eigenvalue weighted by Gasteiger charge is 2.51. The van der Waals surface area contributed by atoms with Crippen molar-refractivity contribution >= 4 is 21.7 Å². The van der Waals surface area contributed by atoms with E-state index < -0.39 is 21.7 Å². The van der Waals surface area contributed by atoms with Gasteiger partial charge in [0.05, 0.1) is 17.4 Å². The van der Waals surface area contributed by atoms with Crippen LogP contribution in [-0.4, -0.2) is 53.9 Å². The largest absolute Gasteiger partial charge is 0.481 e. The number of carboxylic acid groups (broad SMARTS) is 1. The number of carbonyl (C=O) groups excluding carboxylic acids is 1. The van der Waals surface area contributed by atoms with Crippen molar-refractivity contribution in [2.24, 2.45) is 11.8 Å². The summed E-state index contributed by atoms with van der Waals surface area (Å²) in [6.07, 6.45) is 2.99. The van der Waals surface area contributed by atoms with Crippen LogP contribution in [0.25, 0.3) is 0 Å². The summed E-state index contributed by atoms with van der Waals surface area (Å²) in [5.74, 6) is -1.12. The number of sulfone groups is 1. The Balaban J connectivity index is 1.65. The first-order valence-corrected chi connectivity index (χ1v) is 8.94. The smallest absolute Gasteiger partial charge is 0.308 e. The number of aliphatic carboxylic acids is 1. The number of hydrogen-bond acceptors (Lipinski definition) is 4. The van der Waals surface area contributed by atoms with Gasteiger partial charge in [-0.25, -0.2) is 8.42 Å². The van der Waals surface area contributed by atoms with Gasteiger partial charge < -0.3 is 10.0 Å². The minimum atomic E-state index is -2.97. The van der Waals surface area contributed by atoms with E-state index in [0.717, 1.165) is 12.8 Å². The fourth-order valence-electron chi connectivity index (χ4n) is 4.03. The fraction of sp³-hybridized carbons (Fsp3) is 0.846. The molecule has 0 aliphatic carbocycles. The fourth-order valence-corrected chi connectivity index (χ4v) is 5.89. The maximum atomic E-state index is 12.4. The Bertz CT molecular complexity index is 543. The highest BCUT2D eigenvalue weighted by Crippen LogP contribution is 2.42. The van der Waals surface area contributed by atoms with Gasteiger partial charge in [0, 0.05) is 18.5 Å². The summed E-state index contributed by atoms with van der Waals surface area (Å²) in [6.45, 7) is 0. The minimum Gasteiger partial charge on any atom is -0.481 e. The zero-order chi connectivity index (χ0) is 14.5. The van der Waals surface area contributed by atoms with Crippen LogP contribution in [0.5, 0.6) is 0 Å². The first kappa shape index (κ1) is 13.9. The third kappa shape index (κ3) is 2.32. The Morgan fingerprint density at radius 3 is 2.50 bits per heavy atom. The second-order valence-electron chi connectivity index (χ2n) is 6.25. The van der Waals surface area contributed by atoms with E-state index in [0.29, 0.717) is 12.8 Å². The van der Waals surface area contributed by atoms with Gasteiger partial charge in [-0.2, -0.15) is 0 Å². The molecule has 4 atom stereocenters. The molecule has 1 amide bonds. The molecule has 2 bridgehead atoms. The number of fused-ring (bicyclic) bond motifs is 2. The molecule has 3 saturated heterocycles. The average molecular weight is 301 g/mol. The van der Waals surface area contributed by atoms with E-state index in [1.165, 1.54) is 0 Å². The highest BCUT2D eigenvalue weighted by molar-refractivity contribution is 7.91.